The first-order valence-corrected chi connectivity index (χ1v) is 7.68. The second kappa shape index (κ2) is 6.18. The lowest BCUT2D eigenvalue weighted by atomic mass is 10.1. The highest BCUT2D eigenvalue weighted by molar-refractivity contribution is 7.17. The number of thiophene rings is 1. The predicted molar refractivity (Wildman–Crippen MR) is 86.0 cm³/mol. The molecule has 1 fully saturated rings. The van der Waals surface area contributed by atoms with Crippen molar-refractivity contribution in [3.8, 4) is 10.4 Å². The lowest BCUT2D eigenvalue weighted by Crippen LogP contribution is -2.36. The summed E-state index contributed by atoms with van der Waals surface area (Å²) in [5, 5.41) is 9.00. The SMILES string of the molecule is [C-]#[N+]c1cc(-c2ccc(C(=O)O)s2)ccc1N1CCOCC1. The van der Waals surface area contributed by atoms with Gasteiger partial charge in [0.05, 0.1) is 19.8 Å². The third-order valence-corrected chi connectivity index (χ3v) is 4.67. The fourth-order valence-electron chi connectivity index (χ4n) is 2.45. The number of carbonyl (C=O) groups is 1. The fraction of sp³-hybridized carbons (Fsp3) is 0.250. The summed E-state index contributed by atoms with van der Waals surface area (Å²) in [6.45, 7) is 10.3. The number of hydrogen-bond donors (Lipinski definition) is 1. The van der Waals surface area contributed by atoms with Gasteiger partial charge in [0.1, 0.15) is 4.88 Å². The van der Waals surface area contributed by atoms with E-state index in [-0.39, 0.29) is 0 Å². The number of aromatic carboxylic acids is 1. The van der Waals surface area contributed by atoms with E-state index in [0.29, 0.717) is 23.8 Å². The molecule has 0 aliphatic carbocycles. The second-order valence-electron chi connectivity index (χ2n) is 4.88. The molecule has 0 spiro atoms. The predicted octanol–water partition coefficient (Wildman–Crippen LogP) is 3.50. The van der Waals surface area contributed by atoms with E-state index in [1.807, 2.05) is 18.2 Å². The molecule has 3 rings (SSSR count). The number of carboxylic acid groups (broad SMARTS) is 1. The van der Waals surface area contributed by atoms with Crippen LogP contribution in [-0.2, 0) is 4.74 Å². The number of carboxylic acids is 1. The van der Waals surface area contributed by atoms with Gasteiger partial charge in [0.2, 0.25) is 5.69 Å². The van der Waals surface area contributed by atoms with Crippen LogP contribution in [0.1, 0.15) is 9.67 Å². The molecule has 1 aromatic heterocycles. The first-order valence-electron chi connectivity index (χ1n) is 6.87. The van der Waals surface area contributed by atoms with Gasteiger partial charge < -0.3 is 14.7 Å². The first-order chi connectivity index (χ1) is 10.7. The van der Waals surface area contributed by atoms with Crippen molar-refractivity contribution in [1.29, 1.82) is 0 Å². The minimum atomic E-state index is -0.924. The van der Waals surface area contributed by atoms with E-state index in [1.165, 1.54) is 11.3 Å². The van der Waals surface area contributed by atoms with Crippen molar-refractivity contribution in [2.24, 2.45) is 0 Å². The molecule has 112 valence electrons. The van der Waals surface area contributed by atoms with E-state index in [4.69, 9.17) is 16.4 Å². The van der Waals surface area contributed by atoms with Gasteiger partial charge in [-0.2, -0.15) is 0 Å². The number of morpholine rings is 1. The molecular formula is C16H14N2O3S. The zero-order chi connectivity index (χ0) is 15.5. The van der Waals surface area contributed by atoms with Crippen LogP contribution < -0.4 is 4.90 Å². The molecule has 1 saturated heterocycles. The molecule has 0 amide bonds. The molecule has 22 heavy (non-hydrogen) atoms. The standard InChI is InChI=1S/C16H14N2O3S/c1-17-12-10-11(14-4-5-15(22-14)16(19)20)2-3-13(12)18-6-8-21-9-7-18/h2-5,10H,6-9H2,(H,19,20). The molecule has 0 atom stereocenters. The zero-order valence-corrected chi connectivity index (χ0v) is 12.6. The van der Waals surface area contributed by atoms with Gasteiger partial charge in [-0.1, -0.05) is 6.07 Å². The van der Waals surface area contributed by atoms with Crippen LogP contribution in [0.15, 0.2) is 30.3 Å². The Morgan fingerprint density at radius 3 is 2.68 bits per heavy atom. The van der Waals surface area contributed by atoms with Crippen molar-refractivity contribution >= 4 is 28.7 Å². The summed E-state index contributed by atoms with van der Waals surface area (Å²) in [5.74, 6) is -0.924. The molecular weight excluding hydrogens is 300 g/mol. The average Bonchev–Trinajstić information content (AvgIpc) is 3.05. The molecule has 2 heterocycles. The first kappa shape index (κ1) is 14.6. The quantitative estimate of drug-likeness (QED) is 0.881. The monoisotopic (exact) mass is 314 g/mol. The van der Waals surface area contributed by atoms with E-state index in [2.05, 4.69) is 9.74 Å². The van der Waals surface area contributed by atoms with Gasteiger partial charge in [-0.25, -0.2) is 9.64 Å². The topological polar surface area (TPSA) is 54.1 Å². The molecule has 1 N–H and O–H groups in total. The van der Waals surface area contributed by atoms with Crippen molar-refractivity contribution < 1.29 is 14.6 Å². The Morgan fingerprint density at radius 2 is 2.05 bits per heavy atom. The maximum Gasteiger partial charge on any atom is 0.345 e. The molecule has 2 aromatic rings. The Morgan fingerprint density at radius 1 is 1.27 bits per heavy atom. The molecule has 0 unspecified atom stereocenters. The lowest BCUT2D eigenvalue weighted by molar-refractivity contribution is 0.0702. The molecule has 0 radical (unpaired) electrons. The van der Waals surface area contributed by atoms with Crippen LogP contribution in [0.3, 0.4) is 0 Å². The van der Waals surface area contributed by atoms with Gasteiger partial charge in [-0.05, 0) is 29.8 Å². The molecule has 6 heteroatoms. The molecule has 0 bridgehead atoms. The third kappa shape index (κ3) is 2.82. The van der Waals surface area contributed by atoms with E-state index < -0.39 is 5.97 Å². The number of rotatable bonds is 3. The number of hydrogen-bond acceptors (Lipinski definition) is 4. The Hall–Kier alpha value is -2.36. The van der Waals surface area contributed by atoms with E-state index in [1.54, 1.807) is 12.1 Å². The van der Waals surface area contributed by atoms with Gasteiger partial charge in [0, 0.05) is 23.7 Å². The number of ether oxygens (including phenoxy) is 1. The lowest BCUT2D eigenvalue weighted by Gasteiger charge is -2.30. The highest BCUT2D eigenvalue weighted by Crippen LogP contribution is 2.36. The summed E-state index contributed by atoms with van der Waals surface area (Å²) in [6, 6.07) is 9.09. The van der Waals surface area contributed by atoms with Crippen LogP contribution >= 0.6 is 11.3 Å². The highest BCUT2D eigenvalue weighted by atomic mass is 32.1. The Balaban J connectivity index is 1.94. The summed E-state index contributed by atoms with van der Waals surface area (Å²) in [6.07, 6.45) is 0. The molecule has 1 aromatic carbocycles. The van der Waals surface area contributed by atoms with Crippen LogP contribution in [0.5, 0.6) is 0 Å². The van der Waals surface area contributed by atoms with Gasteiger partial charge in [0.15, 0.2) is 0 Å². The normalized spacial score (nSPS) is 14.6. The van der Waals surface area contributed by atoms with Gasteiger partial charge in [-0.15, -0.1) is 11.3 Å². The van der Waals surface area contributed by atoms with Crippen LogP contribution in [0, 0.1) is 6.57 Å². The third-order valence-electron chi connectivity index (χ3n) is 3.55. The zero-order valence-electron chi connectivity index (χ0n) is 11.8. The highest BCUT2D eigenvalue weighted by Gasteiger charge is 2.16. The summed E-state index contributed by atoms with van der Waals surface area (Å²) in [7, 11) is 0. The molecule has 1 aliphatic heterocycles. The smallest absolute Gasteiger partial charge is 0.345 e. The van der Waals surface area contributed by atoms with Crippen molar-refractivity contribution in [3.63, 3.8) is 0 Å². The van der Waals surface area contributed by atoms with Crippen molar-refractivity contribution in [2.75, 3.05) is 31.2 Å². The Labute approximate surface area is 132 Å². The maximum absolute atomic E-state index is 11.0. The largest absolute Gasteiger partial charge is 0.477 e. The average molecular weight is 314 g/mol. The number of nitrogens with zero attached hydrogens (tertiary/aromatic N) is 2. The van der Waals surface area contributed by atoms with Crippen LogP contribution in [0.4, 0.5) is 11.4 Å². The van der Waals surface area contributed by atoms with E-state index >= 15 is 0 Å². The van der Waals surface area contributed by atoms with E-state index in [0.717, 1.165) is 29.2 Å². The van der Waals surface area contributed by atoms with E-state index in [9.17, 15) is 4.79 Å². The fourth-order valence-corrected chi connectivity index (χ4v) is 3.29. The van der Waals surface area contributed by atoms with Crippen LogP contribution in [0.2, 0.25) is 0 Å². The Bertz CT molecular complexity index is 742. The number of anilines is 1. The van der Waals surface area contributed by atoms with Crippen molar-refractivity contribution in [1.82, 2.24) is 0 Å². The van der Waals surface area contributed by atoms with Gasteiger partial charge in [-0.3, -0.25) is 0 Å². The number of benzene rings is 1. The van der Waals surface area contributed by atoms with Crippen LogP contribution in [0.25, 0.3) is 15.3 Å². The molecule has 5 nitrogen and oxygen atoms in total. The minimum absolute atomic E-state index is 0.302. The summed E-state index contributed by atoms with van der Waals surface area (Å²) in [4.78, 5) is 17.9. The summed E-state index contributed by atoms with van der Waals surface area (Å²) >= 11 is 1.22. The molecule has 1 aliphatic rings. The minimum Gasteiger partial charge on any atom is -0.477 e. The van der Waals surface area contributed by atoms with Gasteiger partial charge >= 0.3 is 5.97 Å². The van der Waals surface area contributed by atoms with Gasteiger partial charge in [0.25, 0.3) is 0 Å². The Kier molecular flexibility index (Phi) is 4.09. The van der Waals surface area contributed by atoms with Crippen LogP contribution in [-0.4, -0.2) is 37.4 Å². The van der Waals surface area contributed by atoms with Crippen molar-refractivity contribution in [2.45, 2.75) is 0 Å². The summed E-state index contributed by atoms with van der Waals surface area (Å²) < 4.78 is 5.34. The molecule has 0 saturated carbocycles. The maximum atomic E-state index is 11.0. The second-order valence-corrected chi connectivity index (χ2v) is 5.97. The van der Waals surface area contributed by atoms with Crippen molar-refractivity contribution in [3.05, 3.63) is 46.6 Å². The summed E-state index contributed by atoms with van der Waals surface area (Å²) in [5.41, 5.74) is 2.38.